The van der Waals surface area contributed by atoms with E-state index in [4.69, 9.17) is 0 Å². The molecule has 23 heavy (non-hydrogen) atoms. The molecule has 0 aliphatic carbocycles. The molecule has 0 fully saturated rings. The molecule has 0 saturated carbocycles. The third-order valence-electron chi connectivity index (χ3n) is 4.09. The van der Waals surface area contributed by atoms with Gasteiger partial charge >= 0.3 is 0 Å². The summed E-state index contributed by atoms with van der Waals surface area (Å²) in [4.78, 5) is 0. The van der Waals surface area contributed by atoms with Gasteiger partial charge in [0, 0.05) is 5.56 Å². The summed E-state index contributed by atoms with van der Waals surface area (Å²) >= 11 is 0. The molecule has 2 atom stereocenters. The molecule has 0 saturated heterocycles. The summed E-state index contributed by atoms with van der Waals surface area (Å²) in [6, 6.07) is 12.4. The average Bonchev–Trinajstić information content (AvgIpc) is 3.04. The van der Waals surface area contributed by atoms with Gasteiger partial charge in [-0.1, -0.05) is 35.4 Å². The highest BCUT2D eigenvalue weighted by atomic mass is 19.1. The van der Waals surface area contributed by atoms with Crippen LogP contribution in [0.3, 0.4) is 0 Å². The van der Waals surface area contributed by atoms with E-state index in [0.29, 0.717) is 17.9 Å². The van der Waals surface area contributed by atoms with Crippen LogP contribution in [0.15, 0.2) is 48.5 Å². The van der Waals surface area contributed by atoms with Gasteiger partial charge in [-0.05, 0) is 40.6 Å². The number of rotatable bonds is 2. The van der Waals surface area contributed by atoms with E-state index in [1.165, 1.54) is 18.2 Å². The van der Waals surface area contributed by atoms with Gasteiger partial charge in [0.05, 0.1) is 12.1 Å². The van der Waals surface area contributed by atoms with E-state index in [2.05, 4.69) is 20.8 Å². The number of nitrogens with one attached hydrogen (secondary N) is 1. The molecular formula is C16H13F2N5. The van der Waals surface area contributed by atoms with Crippen molar-refractivity contribution in [1.82, 2.24) is 20.2 Å². The van der Waals surface area contributed by atoms with E-state index in [1.54, 1.807) is 35.0 Å². The fourth-order valence-corrected chi connectivity index (χ4v) is 2.96. The monoisotopic (exact) mass is 313 g/mol. The summed E-state index contributed by atoms with van der Waals surface area (Å²) in [5, 5.41) is 14.8. The van der Waals surface area contributed by atoms with Crippen LogP contribution >= 0.6 is 0 Å². The van der Waals surface area contributed by atoms with Crippen LogP contribution in [-0.2, 0) is 0 Å². The Bertz CT molecular complexity index is 830. The van der Waals surface area contributed by atoms with Crippen LogP contribution in [0.5, 0.6) is 0 Å². The van der Waals surface area contributed by atoms with E-state index in [1.807, 2.05) is 0 Å². The fourth-order valence-electron chi connectivity index (χ4n) is 2.96. The molecule has 3 aromatic rings. The van der Waals surface area contributed by atoms with Crippen molar-refractivity contribution < 1.29 is 8.78 Å². The minimum Gasteiger partial charge on any atom is -0.346 e. The van der Waals surface area contributed by atoms with E-state index >= 15 is 0 Å². The van der Waals surface area contributed by atoms with E-state index < -0.39 is 0 Å². The molecule has 1 aliphatic rings. The number of fused-ring (bicyclic) bond motifs is 1. The van der Waals surface area contributed by atoms with Crippen LogP contribution in [0.1, 0.15) is 29.6 Å². The Hall–Kier alpha value is -2.83. The maximum atomic E-state index is 14.2. The molecule has 2 aromatic carbocycles. The lowest BCUT2D eigenvalue weighted by atomic mass is 9.93. The van der Waals surface area contributed by atoms with Gasteiger partial charge in [0.25, 0.3) is 0 Å². The first-order valence-electron chi connectivity index (χ1n) is 7.26. The van der Waals surface area contributed by atoms with Gasteiger partial charge < -0.3 is 5.32 Å². The minimum absolute atomic E-state index is 0.126. The summed E-state index contributed by atoms with van der Waals surface area (Å²) < 4.78 is 28.9. The smallest absolute Gasteiger partial charge is 0.243 e. The van der Waals surface area contributed by atoms with E-state index in [0.717, 1.165) is 5.56 Å². The van der Waals surface area contributed by atoms with E-state index in [-0.39, 0.29) is 23.7 Å². The molecule has 0 amide bonds. The third kappa shape index (κ3) is 2.44. The first kappa shape index (κ1) is 13.8. The Balaban J connectivity index is 1.75. The first-order valence-corrected chi connectivity index (χ1v) is 7.26. The molecule has 116 valence electrons. The molecule has 0 radical (unpaired) electrons. The number of anilines is 1. The van der Waals surface area contributed by atoms with Crippen molar-refractivity contribution in [2.45, 2.75) is 18.5 Å². The van der Waals surface area contributed by atoms with Crippen LogP contribution in [-0.4, -0.2) is 20.2 Å². The van der Waals surface area contributed by atoms with Gasteiger partial charge in [0.1, 0.15) is 11.6 Å². The molecule has 4 rings (SSSR count). The second-order valence-electron chi connectivity index (χ2n) is 5.47. The topological polar surface area (TPSA) is 55.6 Å². The molecule has 0 unspecified atom stereocenters. The van der Waals surface area contributed by atoms with Crippen molar-refractivity contribution in [2.75, 3.05) is 5.32 Å². The number of nitrogens with zero attached hydrogens (tertiary/aromatic N) is 4. The molecule has 7 heteroatoms. The van der Waals surface area contributed by atoms with Crippen molar-refractivity contribution >= 4 is 5.95 Å². The summed E-state index contributed by atoms with van der Waals surface area (Å²) in [5.74, 6) is -0.113. The number of aromatic nitrogens is 4. The summed E-state index contributed by atoms with van der Waals surface area (Å²) in [5.41, 5.74) is 1.44. The summed E-state index contributed by atoms with van der Waals surface area (Å²) in [6.07, 6.45) is 0.560. The SMILES string of the molecule is Fc1ccc([C@H]2C[C@@H](c3ccccc3F)n3nnnc3N2)cc1. The van der Waals surface area contributed by atoms with Gasteiger partial charge in [-0.15, -0.1) is 0 Å². The number of hydrogen-bond donors (Lipinski definition) is 1. The normalized spacial score (nSPS) is 19.9. The van der Waals surface area contributed by atoms with Crippen molar-refractivity contribution in [1.29, 1.82) is 0 Å². The molecule has 0 spiro atoms. The standard InChI is InChI=1S/C16H13F2N5/c17-11-7-5-10(6-8-11)14-9-15(12-3-1-2-4-13(12)18)23-16(19-14)20-21-22-23/h1-8,14-15H,9H2,(H,19,20,22)/t14-,15+/m1/s1. The van der Waals surface area contributed by atoms with Crippen molar-refractivity contribution in [3.05, 3.63) is 71.3 Å². The molecule has 1 aromatic heterocycles. The second kappa shape index (κ2) is 5.42. The Morgan fingerprint density at radius 1 is 1.04 bits per heavy atom. The van der Waals surface area contributed by atoms with Gasteiger partial charge in [-0.2, -0.15) is 0 Å². The van der Waals surface area contributed by atoms with Crippen LogP contribution in [0.25, 0.3) is 0 Å². The Kier molecular flexibility index (Phi) is 3.25. The molecular weight excluding hydrogens is 300 g/mol. The largest absolute Gasteiger partial charge is 0.346 e. The lowest BCUT2D eigenvalue weighted by Gasteiger charge is -2.31. The predicted molar refractivity (Wildman–Crippen MR) is 79.7 cm³/mol. The van der Waals surface area contributed by atoms with Gasteiger partial charge in [-0.25, -0.2) is 13.5 Å². The zero-order chi connectivity index (χ0) is 15.8. The highest BCUT2D eigenvalue weighted by Crippen LogP contribution is 2.37. The van der Waals surface area contributed by atoms with E-state index in [9.17, 15) is 8.78 Å². The lowest BCUT2D eigenvalue weighted by molar-refractivity contribution is 0.409. The second-order valence-corrected chi connectivity index (χ2v) is 5.47. The Morgan fingerprint density at radius 2 is 1.83 bits per heavy atom. The molecule has 0 bridgehead atoms. The zero-order valence-electron chi connectivity index (χ0n) is 12.0. The fraction of sp³-hybridized carbons (Fsp3) is 0.188. The highest BCUT2D eigenvalue weighted by Gasteiger charge is 2.31. The van der Waals surface area contributed by atoms with Crippen LogP contribution in [0.4, 0.5) is 14.7 Å². The summed E-state index contributed by atoms with van der Waals surface area (Å²) in [7, 11) is 0. The van der Waals surface area contributed by atoms with Gasteiger partial charge in [0.2, 0.25) is 5.95 Å². The van der Waals surface area contributed by atoms with Crippen molar-refractivity contribution in [2.24, 2.45) is 0 Å². The molecule has 1 N–H and O–H groups in total. The Labute approximate surface area is 130 Å². The van der Waals surface area contributed by atoms with Gasteiger partial charge in [0.15, 0.2) is 0 Å². The van der Waals surface area contributed by atoms with Crippen LogP contribution < -0.4 is 5.32 Å². The number of hydrogen-bond acceptors (Lipinski definition) is 4. The average molecular weight is 313 g/mol. The van der Waals surface area contributed by atoms with Crippen molar-refractivity contribution in [3.63, 3.8) is 0 Å². The number of tetrazole rings is 1. The Morgan fingerprint density at radius 3 is 2.61 bits per heavy atom. The molecule has 1 aliphatic heterocycles. The van der Waals surface area contributed by atoms with Crippen LogP contribution in [0.2, 0.25) is 0 Å². The predicted octanol–water partition coefficient (Wildman–Crippen LogP) is 3.10. The molecule has 5 nitrogen and oxygen atoms in total. The zero-order valence-corrected chi connectivity index (χ0v) is 12.0. The quantitative estimate of drug-likeness (QED) is 0.790. The first-order chi connectivity index (χ1) is 11.2. The highest BCUT2D eigenvalue weighted by molar-refractivity contribution is 5.37. The lowest BCUT2D eigenvalue weighted by Crippen LogP contribution is -2.28. The molecule has 2 heterocycles. The van der Waals surface area contributed by atoms with Crippen LogP contribution in [0, 0.1) is 11.6 Å². The van der Waals surface area contributed by atoms with Gasteiger partial charge in [-0.3, -0.25) is 0 Å². The maximum absolute atomic E-state index is 14.2. The number of benzene rings is 2. The number of halogens is 2. The van der Waals surface area contributed by atoms with Crippen molar-refractivity contribution in [3.8, 4) is 0 Å². The maximum Gasteiger partial charge on any atom is 0.243 e. The third-order valence-corrected chi connectivity index (χ3v) is 4.09. The summed E-state index contributed by atoms with van der Waals surface area (Å²) in [6.45, 7) is 0. The minimum atomic E-state index is -0.322.